The van der Waals surface area contributed by atoms with Crippen LogP contribution in [0.2, 0.25) is 5.02 Å². The monoisotopic (exact) mass is 485 g/mol. The number of carbonyl (C=O) groups excluding carboxylic acids is 1. The van der Waals surface area contributed by atoms with Crippen molar-refractivity contribution < 1.29 is 19.2 Å². The molecule has 0 aliphatic carbocycles. The second-order valence-electron chi connectivity index (χ2n) is 6.69. The van der Waals surface area contributed by atoms with E-state index in [1.165, 1.54) is 22.7 Å². The van der Waals surface area contributed by atoms with Crippen LogP contribution in [0.25, 0.3) is 6.08 Å². The van der Waals surface area contributed by atoms with Gasteiger partial charge in [-0.1, -0.05) is 23.7 Å². The maximum absolute atomic E-state index is 12.4. The first-order valence-electron chi connectivity index (χ1n) is 9.63. The number of amidine groups is 2. The molecule has 0 spiro atoms. The minimum Gasteiger partial charge on any atom is -0.490 e. The number of carbonyl (C=O) groups is 1. The summed E-state index contributed by atoms with van der Waals surface area (Å²) in [5.41, 5.74) is 2.35. The van der Waals surface area contributed by atoms with Gasteiger partial charge in [-0.3, -0.25) is 20.3 Å². The molecule has 0 saturated heterocycles. The molecule has 2 aliphatic rings. The summed E-state index contributed by atoms with van der Waals surface area (Å²) in [4.78, 5) is 27.1. The molecule has 1 N–H and O–H groups in total. The molecule has 0 fully saturated rings. The average molecular weight is 486 g/mol. The summed E-state index contributed by atoms with van der Waals surface area (Å²) in [6.07, 6.45) is 1.48. The number of nitrogens with one attached hydrogen (secondary N) is 1. The summed E-state index contributed by atoms with van der Waals surface area (Å²) >= 11 is 7.60. The molecule has 0 bridgehead atoms. The Morgan fingerprint density at radius 1 is 1.30 bits per heavy atom. The molecular weight excluding hydrogens is 470 g/mol. The molecule has 33 heavy (non-hydrogen) atoms. The van der Waals surface area contributed by atoms with Crippen molar-refractivity contribution in [2.75, 3.05) is 6.61 Å². The Labute approximate surface area is 197 Å². The number of nitrogens with zero attached hydrogens (tertiary/aromatic N) is 4. The number of rotatable bonds is 7. The highest BCUT2D eigenvalue weighted by molar-refractivity contribution is 8.25. The normalized spacial score (nSPS) is 16.1. The fourth-order valence-corrected chi connectivity index (χ4v) is 4.02. The predicted octanol–water partition coefficient (Wildman–Crippen LogP) is 4.47. The van der Waals surface area contributed by atoms with Gasteiger partial charge in [-0.15, -0.1) is 0 Å². The van der Waals surface area contributed by atoms with E-state index in [0.29, 0.717) is 28.7 Å². The zero-order chi connectivity index (χ0) is 23.5. The van der Waals surface area contributed by atoms with Crippen molar-refractivity contribution in [2.24, 2.45) is 10.1 Å². The minimum atomic E-state index is -0.560. The van der Waals surface area contributed by atoms with Crippen molar-refractivity contribution in [1.82, 2.24) is 5.01 Å². The molecule has 4 rings (SSSR count). The highest BCUT2D eigenvalue weighted by atomic mass is 35.5. The molecule has 2 aromatic carbocycles. The zero-order valence-corrected chi connectivity index (χ0v) is 18.7. The van der Waals surface area contributed by atoms with Crippen LogP contribution in [-0.2, 0) is 11.4 Å². The van der Waals surface area contributed by atoms with Gasteiger partial charge in [0.05, 0.1) is 33.2 Å². The van der Waals surface area contributed by atoms with Crippen LogP contribution in [0.4, 0.5) is 5.69 Å². The van der Waals surface area contributed by atoms with E-state index in [0.717, 1.165) is 11.8 Å². The molecule has 0 saturated carbocycles. The lowest BCUT2D eigenvalue weighted by Crippen LogP contribution is -2.35. The number of nitro groups is 1. The fraction of sp³-hybridized carbons (Fsp3) is 0.143. The number of hydrazone groups is 1. The van der Waals surface area contributed by atoms with Crippen molar-refractivity contribution in [3.05, 3.63) is 68.2 Å². The smallest absolute Gasteiger partial charge is 0.283 e. The molecule has 2 aromatic rings. The third kappa shape index (κ3) is 4.59. The third-order valence-electron chi connectivity index (χ3n) is 4.60. The number of hydrogen-bond acceptors (Lipinski definition) is 8. The third-order valence-corrected chi connectivity index (χ3v) is 5.55. The van der Waals surface area contributed by atoms with Crippen LogP contribution in [0.5, 0.6) is 11.5 Å². The zero-order valence-electron chi connectivity index (χ0n) is 17.1. The number of hydrogen-bond donors (Lipinski definition) is 1. The Bertz CT molecular complexity index is 1260. The van der Waals surface area contributed by atoms with Gasteiger partial charge in [-0.2, -0.15) is 15.1 Å². The number of benzene rings is 2. The van der Waals surface area contributed by atoms with Crippen molar-refractivity contribution in [2.45, 2.75) is 13.5 Å². The summed E-state index contributed by atoms with van der Waals surface area (Å²) in [7, 11) is 0. The second-order valence-corrected chi connectivity index (χ2v) is 7.91. The Morgan fingerprint density at radius 3 is 2.85 bits per heavy atom. The lowest BCUT2D eigenvalue weighted by molar-refractivity contribution is -0.385. The number of nitro benzene ring substituents is 1. The van der Waals surface area contributed by atoms with Gasteiger partial charge in [0.15, 0.2) is 22.5 Å². The maximum atomic E-state index is 12.4. The Balaban J connectivity index is 1.65. The average Bonchev–Trinajstić information content (AvgIpc) is 3.25. The van der Waals surface area contributed by atoms with Gasteiger partial charge in [-0.05, 0) is 48.5 Å². The largest absolute Gasteiger partial charge is 0.490 e. The Kier molecular flexibility index (Phi) is 6.43. The molecule has 2 aliphatic heterocycles. The van der Waals surface area contributed by atoms with Gasteiger partial charge < -0.3 is 9.47 Å². The van der Waals surface area contributed by atoms with Gasteiger partial charge in [-0.25, -0.2) is 0 Å². The van der Waals surface area contributed by atoms with E-state index >= 15 is 0 Å². The predicted molar refractivity (Wildman–Crippen MR) is 126 cm³/mol. The van der Waals surface area contributed by atoms with Gasteiger partial charge >= 0.3 is 0 Å². The standard InChI is InChI=1S/C21H16ClN5O5S/c1-2-31-17-9-12(7-14-19(23)26-21(25-20(14)28)33-11-24-26)8-15(22)18(17)32-10-13-5-3-4-6-16(13)27(29)30/h3-9,11,23H,2,10H2,1H3/b14-7+,23-19?. The molecular formula is C21H16ClN5O5S. The lowest BCUT2D eigenvalue weighted by atomic mass is 10.1. The molecule has 1 amide bonds. The number of ether oxygens (including phenoxy) is 2. The van der Waals surface area contributed by atoms with E-state index in [4.69, 9.17) is 26.5 Å². The van der Waals surface area contributed by atoms with E-state index in [1.807, 2.05) is 0 Å². The van der Waals surface area contributed by atoms with Crippen LogP contribution in [0.3, 0.4) is 0 Å². The highest BCUT2D eigenvalue weighted by Crippen LogP contribution is 2.38. The summed E-state index contributed by atoms with van der Waals surface area (Å²) in [6.45, 7) is 1.99. The Morgan fingerprint density at radius 2 is 2.09 bits per heavy atom. The topological polar surface area (TPSA) is 130 Å². The van der Waals surface area contributed by atoms with Crippen LogP contribution in [-0.4, -0.2) is 39.0 Å². The van der Waals surface area contributed by atoms with Gasteiger partial charge in [0.2, 0.25) is 0 Å². The summed E-state index contributed by atoms with van der Waals surface area (Å²) in [6, 6.07) is 9.41. The van der Waals surface area contributed by atoms with Crippen LogP contribution in [0, 0.1) is 15.5 Å². The first-order valence-corrected chi connectivity index (χ1v) is 10.9. The first-order chi connectivity index (χ1) is 15.9. The number of fused-ring (bicyclic) bond motifs is 1. The van der Waals surface area contributed by atoms with Crippen molar-refractivity contribution in [3.8, 4) is 11.5 Å². The molecule has 0 unspecified atom stereocenters. The minimum absolute atomic E-state index is 0.0468. The van der Waals surface area contributed by atoms with E-state index in [-0.39, 0.29) is 34.5 Å². The molecule has 0 atom stereocenters. The van der Waals surface area contributed by atoms with E-state index in [2.05, 4.69) is 10.1 Å². The van der Waals surface area contributed by atoms with Gasteiger partial charge in [0.25, 0.3) is 11.6 Å². The molecule has 12 heteroatoms. The van der Waals surface area contributed by atoms with Crippen molar-refractivity contribution in [1.29, 1.82) is 5.41 Å². The SMILES string of the molecule is CCOc1cc(/C=C2\C(=N)N3N=CSC3=NC2=O)cc(Cl)c1OCc1ccccc1[N+](=O)[O-]. The first kappa shape index (κ1) is 22.5. The molecule has 168 valence electrons. The summed E-state index contributed by atoms with van der Waals surface area (Å²) < 4.78 is 11.5. The maximum Gasteiger partial charge on any atom is 0.283 e. The fourth-order valence-electron chi connectivity index (χ4n) is 3.14. The van der Waals surface area contributed by atoms with Crippen LogP contribution in [0.1, 0.15) is 18.1 Å². The Hall–Kier alpha value is -3.70. The second kappa shape index (κ2) is 9.43. The number of thioether (sulfide) groups is 1. The van der Waals surface area contributed by atoms with Gasteiger partial charge in [0, 0.05) is 6.07 Å². The number of aliphatic imine (C=N–C) groups is 1. The summed E-state index contributed by atoms with van der Waals surface area (Å²) in [5.74, 6) is -0.152. The van der Waals surface area contributed by atoms with Crippen LogP contribution >= 0.6 is 23.4 Å². The highest BCUT2D eigenvalue weighted by Gasteiger charge is 2.32. The van der Waals surface area contributed by atoms with E-state index in [9.17, 15) is 14.9 Å². The van der Waals surface area contributed by atoms with Crippen molar-refractivity contribution in [3.63, 3.8) is 0 Å². The molecule has 10 nitrogen and oxygen atoms in total. The quantitative estimate of drug-likeness (QED) is 0.347. The molecule has 0 radical (unpaired) electrons. The number of para-hydroxylation sites is 1. The van der Waals surface area contributed by atoms with E-state index in [1.54, 1.807) is 37.3 Å². The number of amides is 1. The van der Waals surface area contributed by atoms with Gasteiger partial charge in [0.1, 0.15) is 6.61 Å². The van der Waals surface area contributed by atoms with E-state index < -0.39 is 10.8 Å². The summed E-state index contributed by atoms with van der Waals surface area (Å²) in [5, 5.41) is 25.3. The van der Waals surface area contributed by atoms with Crippen molar-refractivity contribution >= 4 is 57.6 Å². The van der Waals surface area contributed by atoms with Crippen LogP contribution in [0.15, 0.2) is 52.1 Å². The number of halogens is 1. The van der Waals surface area contributed by atoms with Crippen LogP contribution < -0.4 is 9.47 Å². The molecule has 0 aromatic heterocycles. The lowest BCUT2D eigenvalue weighted by Gasteiger charge is -2.20. The molecule has 2 heterocycles.